The van der Waals surface area contributed by atoms with Gasteiger partial charge in [0.1, 0.15) is 11.1 Å². The number of anilines is 1. The average Bonchev–Trinajstić information content (AvgIpc) is 2.94. The Kier molecular flexibility index (Phi) is 5.75. The maximum Gasteiger partial charge on any atom is 0.247 e. The van der Waals surface area contributed by atoms with E-state index in [-0.39, 0.29) is 22.9 Å². The number of nitrogens with two attached hydrogens (primary N) is 1. The standard InChI is InChI=1S/C19H18N4O4S2/c1-11(2)15-8-3-12(10-20)18(22-15)28-16-9-17(24)23(19(16)25)13-4-6-14(7-5-13)29(21,26)27/h3-8,11,16H,9H2,1-2H3,(H2,21,26,27). The van der Waals surface area contributed by atoms with Gasteiger partial charge in [-0.05, 0) is 42.3 Å². The summed E-state index contributed by atoms with van der Waals surface area (Å²) in [5, 5.41) is 14.1. The summed E-state index contributed by atoms with van der Waals surface area (Å²) in [6, 6.07) is 10.7. The van der Waals surface area contributed by atoms with Crippen molar-refractivity contribution in [2.75, 3.05) is 4.90 Å². The Morgan fingerprint density at radius 3 is 2.41 bits per heavy atom. The number of pyridine rings is 1. The number of nitriles is 1. The molecule has 2 amide bonds. The quantitative estimate of drug-likeness (QED) is 0.718. The minimum Gasteiger partial charge on any atom is -0.274 e. The highest BCUT2D eigenvalue weighted by atomic mass is 32.2. The first kappa shape index (κ1) is 21.0. The van der Waals surface area contributed by atoms with Crippen LogP contribution in [0.5, 0.6) is 0 Å². The second-order valence-corrected chi connectivity index (χ2v) is 9.53. The number of carbonyl (C=O) groups is 2. The van der Waals surface area contributed by atoms with Crippen LogP contribution in [0.1, 0.15) is 37.4 Å². The molecule has 0 saturated carbocycles. The lowest BCUT2D eigenvalue weighted by atomic mass is 10.1. The van der Waals surface area contributed by atoms with E-state index in [0.29, 0.717) is 10.6 Å². The van der Waals surface area contributed by atoms with E-state index in [4.69, 9.17) is 5.14 Å². The van der Waals surface area contributed by atoms with Crippen LogP contribution in [0.15, 0.2) is 46.3 Å². The summed E-state index contributed by atoms with van der Waals surface area (Å²) in [5.41, 5.74) is 1.40. The fourth-order valence-corrected chi connectivity index (χ4v) is 4.45. The van der Waals surface area contributed by atoms with Gasteiger partial charge in [-0.2, -0.15) is 5.26 Å². The van der Waals surface area contributed by atoms with E-state index in [2.05, 4.69) is 11.1 Å². The molecule has 0 aliphatic carbocycles. The summed E-state index contributed by atoms with van der Waals surface area (Å²) in [5.74, 6) is -0.699. The van der Waals surface area contributed by atoms with Crippen LogP contribution in [-0.2, 0) is 19.6 Å². The number of nitrogens with zero attached hydrogens (tertiary/aromatic N) is 3. The van der Waals surface area contributed by atoms with Crippen LogP contribution in [0.4, 0.5) is 5.69 Å². The summed E-state index contributed by atoms with van der Waals surface area (Å²) in [4.78, 5) is 30.7. The summed E-state index contributed by atoms with van der Waals surface area (Å²) >= 11 is 1.09. The van der Waals surface area contributed by atoms with E-state index in [1.165, 1.54) is 24.3 Å². The molecule has 0 spiro atoms. The predicted molar refractivity (Wildman–Crippen MR) is 108 cm³/mol. The lowest BCUT2D eigenvalue weighted by Crippen LogP contribution is -2.31. The highest BCUT2D eigenvalue weighted by Crippen LogP contribution is 2.35. The molecular formula is C19H18N4O4S2. The molecule has 2 N–H and O–H groups in total. The molecule has 1 aliphatic rings. The number of hydrogen-bond donors (Lipinski definition) is 1. The fraction of sp³-hybridized carbons (Fsp3) is 0.263. The largest absolute Gasteiger partial charge is 0.274 e. The van der Waals surface area contributed by atoms with E-state index in [0.717, 1.165) is 22.4 Å². The molecule has 29 heavy (non-hydrogen) atoms. The van der Waals surface area contributed by atoms with Crippen molar-refractivity contribution >= 4 is 39.3 Å². The van der Waals surface area contributed by atoms with Crippen molar-refractivity contribution in [3.8, 4) is 6.07 Å². The minimum atomic E-state index is -3.87. The fourth-order valence-electron chi connectivity index (χ4n) is 2.84. The molecule has 1 aromatic heterocycles. The Hall–Kier alpha value is -2.74. The first-order valence-electron chi connectivity index (χ1n) is 8.69. The van der Waals surface area contributed by atoms with Crippen molar-refractivity contribution in [3.63, 3.8) is 0 Å². The van der Waals surface area contributed by atoms with E-state index in [1.807, 2.05) is 13.8 Å². The number of benzene rings is 1. The van der Waals surface area contributed by atoms with Gasteiger partial charge in [0.25, 0.3) is 0 Å². The van der Waals surface area contributed by atoms with Gasteiger partial charge in [0.2, 0.25) is 21.8 Å². The van der Waals surface area contributed by atoms with Gasteiger partial charge >= 0.3 is 0 Å². The molecule has 1 aliphatic heterocycles. The molecule has 0 bridgehead atoms. The third kappa shape index (κ3) is 4.32. The molecule has 10 heteroatoms. The molecule has 1 fully saturated rings. The van der Waals surface area contributed by atoms with Crippen LogP contribution >= 0.6 is 11.8 Å². The van der Waals surface area contributed by atoms with Gasteiger partial charge in [0.05, 0.1) is 21.4 Å². The van der Waals surface area contributed by atoms with Gasteiger partial charge in [-0.25, -0.2) is 23.4 Å². The van der Waals surface area contributed by atoms with Crippen LogP contribution in [0.2, 0.25) is 0 Å². The van der Waals surface area contributed by atoms with E-state index in [9.17, 15) is 23.3 Å². The molecule has 8 nitrogen and oxygen atoms in total. The highest BCUT2D eigenvalue weighted by molar-refractivity contribution is 8.00. The number of hydrogen-bond acceptors (Lipinski definition) is 7. The minimum absolute atomic E-state index is 0.0428. The first-order chi connectivity index (χ1) is 13.6. The van der Waals surface area contributed by atoms with Crippen molar-refractivity contribution < 1.29 is 18.0 Å². The number of amides is 2. The molecule has 2 aromatic rings. The predicted octanol–water partition coefficient (Wildman–Crippen LogP) is 2.15. The molecule has 2 heterocycles. The maximum absolute atomic E-state index is 12.9. The normalized spacial score (nSPS) is 17.1. The lowest BCUT2D eigenvalue weighted by Gasteiger charge is -2.15. The van der Waals surface area contributed by atoms with Gasteiger partial charge in [0.15, 0.2) is 0 Å². The zero-order valence-electron chi connectivity index (χ0n) is 15.7. The van der Waals surface area contributed by atoms with Gasteiger partial charge in [-0.15, -0.1) is 0 Å². The summed E-state index contributed by atoms with van der Waals surface area (Å²) in [7, 11) is -3.87. The molecule has 1 unspecified atom stereocenters. The SMILES string of the molecule is CC(C)c1ccc(C#N)c(SC2CC(=O)N(c3ccc(S(N)(=O)=O)cc3)C2=O)n1. The average molecular weight is 431 g/mol. The van der Waals surface area contributed by atoms with E-state index < -0.39 is 27.1 Å². The second kappa shape index (κ2) is 7.94. The van der Waals surface area contributed by atoms with Crippen molar-refractivity contribution in [2.45, 2.75) is 41.4 Å². The third-order valence-corrected chi connectivity index (χ3v) is 6.49. The lowest BCUT2D eigenvalue weighted by molar-refractivity contribution is -0.121. The van der Waals surface area contributed by atoms with Crippen LogP contribution in [0.25, 0.3) is 0 Å². The monoisotopic (exact) mass is 430 g/mol. The van der Waals surface area contributed by atoms with Gasteiger partial charge < -0.3 is 0 Å². The Bertz CT molecular complexity index is 1120. The topological polar surface area (TPSA) is 134 Å². The van der Waals surface area contributed by atoms with Crippen LogP contribution in [-0.4, -0.2) is 30.5 Å². The number of aromatic nitrogens is 1. The van der Waals surface area contributed by atoms with Crippen molar-refractivity contribution in [3.05, 3.63) is 47.7 Å². The Morgan fingerprint density at radius 2 is 1.86 bits per heavy atom. The van der Waals surface area contributed by atoms with Crippen LogP contribution in [0.3, 0.4) is 0 Å². The van der Waals surface area contributed by atoms with Crippen molar-refractivity contribution in [1.29, 1.82) is 5.26 Å². The Balaban J connectivity index is 1.86. The molecular weight excluding hydrogens is 412 g/mol. The van der Waals surface area contributed by atoms with Crippen molar-refractivity contribution in [1.82, 2.24) is 4.98 Å². The molecule has 3 rings (SSSR count). The second-order valence-electron chi connectivity index (χ2n) is 6.77. The Labute approximate surface area is 172 Å². The summed E-state index contributed by atoms with van der Waals surface area (Å²) in [6.07, 6.45) is -0.0428. The highest BCUT2D eigenvalue weighted by Gasteiger charge is 2.40. The van der Waals surface area contributed by atoms with E-state index >= 15 is 0 Å². The van der Waals surface area contributed by atoms with Gasteiger partial charge in [-0.1, -0.05) is 25.6 Å². The smallest absolute Gasteiger partial charge is 0.247 e. The summed E-state index contributed by atoms with van der Waals surface area (Å²) < 4.78 is 22.8. The number of carbonyl (C=O) groups excluding carboxylic acids is 2. The van der Waals surface area contributed by atoms with Crippen molar-refractivity contribution in [2.24, 2.45) is 5.14 Å². The zero-order valence-corrected chi connectivity index (χ0v) is 17.3. The van der Waals surface area contributed by atoms with E-state index in [1.54, 1.807) is 12.1 Å². The summed E-state index contributed by atoms with van der Waals surface area (Å²) in [6.45, 7) is 3.94. The number of sulfonamides is 1. The van der Waals surface area contributed by atoms with Crippen LogP contribution < -0.4 is 10.0 Å². The first-order valence-corrected chi connectivity index (χ1v) is 11.1. The number of rotatable bonds is 5. The molecule has 150 valence electrons. The number of imide groups is 1. The molecule has 1 atom stereocenters. The molecule has 0 radical (unpaired) electrons. The van der Waals surface area contributed by atoms with Gasteiger partial charge in [-0.3, -0.25) is 9.59 Å². The van der Waals surface area contributed by atoms with Crippen LogP contribution in [0, 0.1) is 11.3 Å². The maximum atomic E-state index is 12.9. The third-order valence-electron chi connectivity index (χ3n) is 4.38. The number of primary sulfonamides is 1. The molecule has 1 saturated heterocycles. The van der Waals surface area contributed by atoms with Gasteiger partial charge in [0, 0.05) is 12.1 Å². The zero-order chi connectivity index (χ0) is 21.3. The Morgan fingerprint density at radius 1 is 1.21 bits per heavy atom. The number of thioether (sulfide) groups is 1. The molecule has 1 aromatic carbocycles.